The minimum absolute atomic E-state index is 0.110. The number of esters is 2. The molecule has 14 heteroatoms. The molecule has 0 saturated carbocycles. The van der Waals surface area contributed by atoms with Gasteiger partial charge in [0.05, 0.1) is 17.5 Å². The maximum absolute atomic E-state index is 16.6. The van der Waals surface area contributed by atoms with E-state index in [2.05, 4.69) is 10.1 Å². The zero-order valence-electron chi connectivity index (χ0n) is 22.2. The van der Waals surface area contributed by atoms with Crippen molar-refractivity contribution in [2.75, 3.05) is 19.5 Å². The van der Waals surface area contributed by atoms with Crippen LogP contribution < -0.4 is 10.3 Å². The number of para-hydroxylation sites is 1. The van der Waals surface area contributed by atoms with Gasteiger partial charge in [-0.15, -0.1) is 0 Å². The molecular weight excluding hydrogens is 534 g/mol. The second kappa shape index (κ2) is 13.0. The van der Waals surface area contributed by atoms with Crippen molar-refractivity contribution in [1.82, 2.24) is 14.6 Å². The third-order valence-electron chi connectivity index (χ3n) is 5.60. The zero-order valence-corrected chi connectivity index (χ0v) is 23.2. The third-order valence-corrected chi connectivity index (χ3v) is 6.38. The average molecular weight is 567 g/mol. The number of anilines is 1. The van der Waals surface area contributed by atoms with Gasteiger partial charge in [-0.3, -0.25) is 14.1 Å². The molecule has 3 rings (SSSR count). The number of methoxy groups -OCH3 is 1. The minimum atomic E-state index is -3.28. The second-order valence-corrected chi connectivity index (χ2v) is 10.2. The molecule has 0 radical (unpaired) electrons. The Hall–Kier alpha value is -3.54. The molecular formula is C25H32FN4O8P. The number of nitrogen functional groups attached to an aromatic ring is 1. The SMILES string of the molecule is COC(F)(CO[PH](=O)Oc1ccccc1)[C@@H](OC(=O)C(C)C)[C@@H](OC(=O)C(C)C)c1ccc2c(N)ncnn12. The number of benzene rings is 1. The summed E-state index contributed by atoms with van der Waals surface area (Å²) in [5.41, 5.74) is 6.40. The van der Waals surface area contributed by atoms with E-state index in [0.29, 0.717) is 5.52 Å². The number of halogens is 1. The van der Waals surface area contributed by atoms with Crippen LogP contribution in [-0.2, 0) is 32.9 Å². The summed E-state index contributed by atoms with van der Waals surface area (Å²) >= 11 is 0. The predicted octanol–water partition coefficient (Wildman–Crippen LogP) is 3.92. The van der Waals surface area contributed by atoms with Crippen LogP contribution >= 0.6 is 8.25 Å². The Bertz CT molecular complexity index is 1310. The summed E-state index contributed by atoms with van der Waals surface area (Å²) in [5.74, 6) is -5.45. The molecule has 39 heavy (non-hydrogen) atoms. The molecule has 0 bridgehead atoms. The number of rotatable bonds is 13. The van der Waals surface area contributed by atoms with E-state index in [4.69, 9.17) is 29.0 Å². The van der Waals surface area contributed by atoms with E-state index in [0.717, 1.165) is 13.4 Å². The fourth-order valence-corrected chi connectivity index (χ4v) is 4.09. The van der Waals surface area contributed by atoms with Crippen molar-refractivity contribution in [1.29, 1.82) is 0 Å². The first kappa shape index (κ1) is 30.0. The van der Waals surface area contributed by atoms with Crippen molar-refractivity contribution >= 4 is 31.5 Å². The van der Waals surface area contributed by atoms with Gasteiger partial charge in [0.1, 0.15) is 24.2 Å². The van der Waals surface area contributed by atoms with Crippen LogP contribution in [0, 0.1) is 11.8 Å². The first-order valence-electron chi connectivity index (χ1n) is 12.1. The second-order valence-electron chi connectivity index (χ2n) is 9.17. The first-order valence-corrected chi connectivity index (χ1v) is 13.3. The van der Waals surface area contributed by atoms with Crippen molar-refractivity contribution in [3.05, 3.63) is 54.5 Å². The summed E-state index contributed by atoms with van der Waals surface area (Å²) in [5, 5.41) is 4.13. The van der Waals surface area contributed by atoms with E-state index in [1.165, 1.54) is 16.6 Å². The Labute approximate surface area is 225 Å². The molecule has 2 heterocycles. The van der Waals surface area contributed by atoms with Gasteiger partial charge < -0.3 is 24.5 Å². The highest BCUT2D eigenvalue weighted by Crippen LogP contribution is 2.38. The van der Waals surface area contributed by atoms with Gasteiger partial charge in [-0.2, -0.15) is 5.10 Å². The van der Waals surface area contributed by atoms with E-state index in [1.54, 1.807) is 58.0 Å². The van der Waals surface area contributed by atoms with Gasteiger partial charge in [0.2, 0.25) is 6.10 Å². The normalized spacial score (nSPS) is 15.5. The molecule has 0 aliphatic carbocycles. The van der Waals surface area contributed by atoms with E-state index in [9.17, 15) is 14.2 Å². The van der Waals surface area contributed by atoms with Crippen LogP contribution in [0.25, 0.3) is 5.52 Å². The van der Waals surface area contributed by atoms with Crippen molar-refractivity contribution in [3.8, 4) is 5.75 Å². The number of fused-ring (bicyclic) bond motifs is 1. The zero-order chi connectivity index (χ0) is 28.7. The first-order chi connectivity index (χ1) is 18.5. The third kappa shape index (κ3) is 7.31. The Kier molecular flexibility index (Phi) is 10.0. The van der Waals surface area contributed by atoms with Gasteiger partial charge in [0, 0.05) is 7.11 Å². The number of hydrogen-bond acceptors (Lipinski definition) is 11. The van der Waals surface area contributed by atoms with Gasteiger partial charge in [0.15, 0.2) is 11.9 Å². The topological polar surface area (TPSA) is 154 Å². The maximum atomic E-state index is 16.6. The molecule has 3 aromatic rings. The lowest BCUT2D eigenvalue weighted by Crippen LogP contribution is -2.51. The van der Waals surface area contributed by atoms with E-state index < -0.39 is 56.7 Å². The molecule has 0 amide bonds. The summed E-state index contributed by atoms with van der Waals surface area (Å²) < 4.78 is 57.2. The molecule has 0 aliphatic rings. The van der Waals surface area contributed by atoms with Crippen LogP contribution in [0.5, 0.6) is 5.75 Å². The van der Waals surface area contributed by atoms with Crippen molar-refractivity contribution in [2.45, 2.75) is 45.8 Å². The number of nitrogens with zero attached hydrogens (tertiary/aromatic N) is 3. The van der Waals surface area contributed by atoms with Crippen molar-refractivity contribution in [2.24, 2.45) is 11.8 Å². The largest absolute Gasteiger partial charge is 0.451 e. The van der Waals surface area contributed by atoms with Gasteiger partial charge in [0.25, 0.3) is 5.85 Å². The Morgan fingerprint density at radius 1 is 1.05 bits per heavy atom. The van der Waals surface area contributed by atoms with E-state index >= 15 is 4.39 Å². The summed E-state index contributed by atoms with van der Waals surface area (Å²) in [4.78, 5) is 29.4. The van der Waals surface area contributed by atoms with Gasteiger partial charge in [-0.25, -0.2) is 18.5 Å². The monoisotopic (exact) mass is 566 g/mol. The molecule has 2 unspecified atom stereocenters. The molecule has 2 aromatic heterocycles. The number of ether oxygens (including phenoxy) is 3. The molecule has 212 valence electrons. The minimum Gasteiger partial charge on any atom is -0.451 e. The van der Waals surface area contributed by atoms with Gasteiger partial charge in [-0.1, -0.05) is 45.9 Å². The lowest BCUT2D eigenvalue weighted by molar-refractivity contribution is -0.249. The molecule has 0 spiro atoms. The van der Waals surface area contributed by atoms with Crippen LogP contribution in [0.4, 0.5) is 10.2 Å². The maximum Gasteiger partial charge on any atom is 0.368 e. The number of aromatic nitrogens is 3. The van der Waals surface area contributed by atoms with Crippen molar-refractivity contribution in [3.63, 3.8) is 0 Å². The molecule has 12 nitrogen and oxygen atoms in total. The predicted molar refractivity (Wildman–Crippen MR) is 139 cm³/mol. The molecule has 4 atom stereocenters. The molecule has 0 fully saturated rings. The highest BCUT2D eigenvalue weighted by Gasteiger charge is 2.51. The van der Waals surface area contributed by atoms with E-state index in [-0.39, 0.29) is 17.3 Å². The lowest BCUT2D eigenvalue weighted by atomic mass is 10.0. The molecule has 2 N–H and O–H groups in total. The number of carbonyl (C=O) groups excluding carboxylic acids is 2. The fourth-order valence-electron chi connectivity index (χ4n) is 3.39. The molecule has 1 aromatic carbocycles. The highest BCUT2D eigenvalue weighted by atomic mass is 31.1. The van der Waals surface area contributed by atoms with Crippen LogP contribution in [0.2, 0.25) is 0 Å². The molecule has 0 saturated heterocycles. The Balaban J connectivity index is 2.03. The average Bonchev–Trinajstić information content (AvgIpc) is 3.34. The summed E-state index contributed by atoms with van der Waals surface area (Å²) in [6.45, 7) is 5.26. The smallest absolute Gasteiger partial charge is 0.368 e. The standard InChI is InChI=1S/C25H32FN4O8P/c1-15(2)23(31)36-20(18-11-12-19-22(27)28-14-29-30(18)19)21(37-24(32)16(3)4)25(26,34-5)13-35-39(33)38-17-9-7-6-8-10-17/h6-12,14-16,20-21,39H,13H2,1-5H3,(H2,27,28,29)/t20-,21-,25?/m0/s1. The quantitative estimate of drug-likeness (QED) is 0.237. The highest BCUT2D eigenvalue weighted by molar-refractivity contribution is 7.33. The Morgan fingerprint density at radius 3 is 2.31 bits per heavy atom. The lowest BCUT2D eigenvalue weighted by Gasteiger charge is -2.36. The fraction of sp³-hybridized carbons (Fsp3) is 0.440. The Morgan fingerprint density at radius 2 is 1.69 bits per heavy atom. The number of alkyl halides is 1. The van der Waals surface area contributed by atoms with Gasteiger partial charge in [-0.05, 0) is 24.3 Å². The van der Waals surface area contributed by atoms with Crippen molar-refractivity contribution < 1.29 is 41.8 Å². The van der Waals surface area contributed by atoms with Crippen LogP contribution in [0.3, 0.4) is 0 Å². The van der Waals surface area contributed by atoms with Crippen LogP contribution in [-0.4, -0.2) is 52.2 Å². The van der Waals surface area contributed by atoms with Gasteiger partial charge >= 0.3 is 20.2 Å². The summed E-state index contributed by atoms with van der Waals surface area (Å²) in [6.07, 6.45) is -2.36. The van der Waals surface area contributed by atoms with Crippen LogP contribution in [0.15, 0.2) is 48.8 Å². The summed E-state index contributed by atoms with van der Waals surface area (Å²) in [6, 6.07) is 11.2. The molecule has 0 aliphatic heterocycles. The van der Waals surface area contributed by atoms with Crippen LogP contribution in [0.1, 0.15) is 39.5 Å². The number of nitrogens with two attached hydrogens (primary N) is 1. The number of carbonyl (C=O) groups is 2. The summed E-state index contributed by atoms with van der Waals surface area (Å²) in [7, 11) is -2.27. The number of hydrogen-bond donors (Lipinski definition) is 1. The van der Waals surface area contributed by atoms with E-state index in [1.807, 2.05) is 0 Å².